The van der Waals surface area contributed by atoms with Crippen molar-refractivity contribution < 1.29 is 45.5 Å². The Morgan fingerprint density at radius 3 is 2.13 bits per heavy atom. The van der Waals surface area contributed by atoms with Crippen LogP contribution in [-0.2, 0) is 42.9 Å². The summed E-state index contributed by atoms with van der Waals surface area (Å²) in [4.78, 5) is 54.9. The van der Waals surface area contributed by atoms with Gasteiger partial charge in [-0.2, -0.15) is 13.2 Å². The highest BCUT2D eigenvalue weighted by molar-refractivity contribution is 7.91. The molecule has 52 heavy (non-hydrogen) atoms. The van der Waals surface area contributed by atoms with Gasteiger partial charge in [0.1, 0.15) is 17.8 Å². The molecule has 0 saturated carbocycles. The number of nitrogens with zero attached hydrogens (tertiary/aromatic N) is 1. The molecule has 3 aromatic carbocycles. The first-order valence-electron chi connectivity index (χ1n) is 16.3. The van der Waals surface area contributed by atoms with Crippen LogP contribution in [0.25, 0.3) is 0 Å². The van der Waals surface area contributed by atoms with Crippen LogP contribution < -0.4 is 21.1 Å². The largest absolute Gasteiger partial charge is 0.497 e. The number of ether oxygens (including phenoxy) is 1. The summed E-state index contributed by atoms with van der Waals surface area (Å²) in [7, 11) is -2.64. The van der Waals surface area contributed by atoms with E-state index in [1.807, 2.05) is 0 Å². The zero-order valence-corrected chi connectivity index (χ0v) is 30.2. The monoisotopic (exact) mass is 764 g/mol. The van der Waals surface area contributed by atoms with Crippen molar-refractivity contribution in [2.24, 2.45) is 11.7 Å². The van der Waals surface area contributed by atoms with Crippen molar-refractivity contribution in [1.29, 1.82) is 0 Å². The van der Waals surface area contributed by atoms with Crippen LogP contribution in [0.15, 0.2) is 72.8 Å². The minimum absolute atomic E-state index is 0.106. The molecule has 280 valence electrons. The average Bonchev–Trinajstić information content (AvgIpc) is 3.56. The zero-order chi connectivity index (χ0) is 38.4. The molecule has 1 aliphatic rings. The Hall–Kier alpha value is -4.47. The van der Waals surface area contributed by atoms with Gasteiger partial charge in [-0.1, -0.05) is 67.9 Å². The maximum Gasteiger partial charge on any atom is 0.452 e. The summed E-state index contributed by atoms with van der Waals surface area (Å²) in [6.45, 7) is 2.36. The molecule has 3 amide bonds. The van der Waals surface area contributed by atoms with E-state index in [0.717, 1.165) is 10.5 Å². The summed E-state index contributed by atoms with van der Waals surface area (Å²) in [5.74, 6) is -5.86. The number of Topliss-reactive ketones (excluding diaryl/α,β-unsaturated/α-hetero) is 1. The molecule has 1 saturated heterocycles. The number of hydrogen-bond donors (Lipinski definition) is 3. The molecule has 1 aliphatic heterocycles. The molecule has 4 rings (SSSR count). The predicted octanol–water partition coefficient (Wildman–Crippen LogP) is 4.01. The second-order valence-corrected chi connectivity index (χ2v) is 15.6. The van der Waals surface area contributed by atoms with Crippen LogP contribution in [0.5, 0.6) is 5.75 Å². The van der Waals surface area contributed by atoms with E-state index in [-0.39, 0.29) is 23.6 Å². The fourth-order valence-corrected chi connectivity index (χ4v) is 7.85. The van der Waals surface area contributed by atoms with E-state index < -0.39 is 87.5 Å². The summed E-state index contributed by atoms with van der Waals surface area (Å²) in [5, 5.41) is 3.73. The number of nitrogens with one attached hydrogen (secondary N) is 2. The minimum atomic E-state index is -5.27. The van der Waals surface area contributed by atoms with Crippen LogP contribution in [0.3, 0.4) is 0 Å². The van der Waals surface area contributed by atoms with Gasteiger partial charge in [0.15, 0.2) is 9.84 Å². The van der Waals surface area contributed by atoms with Crippen molar-refractivity contribution in [2.45, 2.75) is 68.5 Å². The number of carbonyl (C=O) groups is 4. The molecule has 0 radical (unpaired) electrons. The van der Waals surface area contributed by atoms with Gasteiger partial charge in [-0.3, -0.25) is 19.2 Å². The topological polar surface area (TPSA) is 165 Å². The average molecular weight is 765 g/mol. The van der Waals surface area contributed by atoms with Crippen LogP contribution in [0.1, 0.15) is 47.3 Å². The van der Waals surface area contributed by atoms with Gasteiger partial charge in [-0.15, -0.1) is 0 Å². The second-order valence-electron chi connectivity index (χ2n) is 12.9. The number of nitrogens with two attached hydrogens (primary N) is 1. The highest BCUT2D eigenvalue weighted by Crippen LogP contribution is 2.29. The van der Waals surface area contributed by atoms with Gasteiger partial charge in [-0.05, 0) is 59.4 Å². The van der Waals surface area contributed by atoms with E-state index in [1.165, 1.54) is 39.2 Å². The number of alkyl halides is 3. The van der Waals surface area contributed by atoms with Crippen molar-refractivity contribution in [2.75, 3.05) is 13.7 Å². The van der Waals surface area contributed by atoms with Crippen molar-refractivity contribution in [3.63, 3.8) is 0 Å². The molecule has 4 atom stereocenters. The lowest BCUT2D eigenvalue weighted by Gasteiger charge is -2.30. The normalized spacial score (nSPS) is 17.4. The van der Waals surface area contributed by atoms with Crippen molar-refractivity contribution in [1.82, 2.24) is 15.5 Å². The molecule has 0 aromatic heterocycles. The van der Waals surface area contributed by atoms with Crippen LogP contribution in [0.4, 0.5) is 13.2 Å². The molecule has 0 bridgehead atoms. The lowest BCUT2D eigenvalue weighted by Crippen LogP contribution is -2.57. The highest BCUT2D eigenvalue weighted by atomic mass is 35.5. The van der Waals surface area contributed by atoms with E-state index in [4.69, 9.17) is 22.1 Å². The third-order valence-electron chi connectivity index (χ3n) is 8.80. The SMILES string of the molecule is COc1ccc(CS(=O)(=O)[C@@H]2C[C@@H](C(=O)NC(C(=O)C(F)(F)F)C(C)C)N(C(=O)C(Cc3ccc(CN)cc3)NC(=O)c3cccc(Cl)c3)C2)cc1. The van der Waals surface area contributed by atoms with Crippen LogP contribution in [0.2, 0.25) is 5.02 Å². The molecule has 1 heterocycles. The Labute approximate surface area is 304 Å². The minimum Gasteiger partial charge on any atom is -0.497 e. The standard InChI is InChI=1S/C36H40ClF3N4O7S/c1-21(2)31(32(45)36(38,39)40)43-34(47)30-17-28(52(49,50)20-24-11-13-27(51-3)14-12-24)19-44(30)35(48)29(15-22-7-9-23(18-41)10-8-22)42-33(46)25-5-4-6-26(37)16-25/h4-14,16,21,28-31H,15,17-20,41H2,1-3H3,(H,42,46)(H,43,47)/t28-,29?,30+,31?/m1/s1. The molecule has 11 nitrogen and oxygen atoms in total. The van der Waals surface area contributed by atoms with E-state index in [2.05, 4.69) is 10.6 Å². The van der Waals surface area contributed by atoms with Gasteiger partial charge >= 0.3 is 6.18 Å². The van der Waals surface area contributed by atoms with Crippen LogP contribution in [-0.4, -0.2) is 80.0 Å². The number of rotatable bonds is 14. The van der Waals surface area contributed by atoms with E-state index in [9.17, 15) is 40.8 Å². The van der Waals surface area contributed by atoms with Gasteiger partial charge in [0.2, 0.25) is 11.8 Å². The number of methoxy groups -OCH3 is 1. The van der Waals surface area contributed by atoms with Crippen molar-refractivity contribution in [3.05, 3.63) is 100 Å². The van der Waals surface area contributed by atoms with Gasteiger partial charge < -0.3 is 26.0 Å². The Morgan fingerprint density at radius 1 is 0.962 bits per heavy atom. The molecule has 0 spiro atoms. The third-order valence-corrected chi connectivity index (χ3v) is 11.1. The second kappa shape index (κ2) is 16.9. The maximum absolute atomic E-state index is 14.5. The predicted molar refractivity (Wildman–Crippen MR) is 188 cm³/mol. The van der Waals surface area contributed by atoms with Crippen LogP contribution in [0, 0.1) is 5.92 Å². The Balaban J connectivity index is 1.72. The Kier molecular flexibility index (Phi) is 13.1. The van der Waals surface area contributed by atoms with E-state index >= 15 is 0 Å². The molecule has 16 heteroatoms. The number of sulfone groups is 1. The van der Waals surface area contributed by atoms with Gasteiger partial charge in [0.05, 0.1) is 24.2 Å². The number of carbonyl (C=O) groups excluding carboxylic acids is 4. The summed E-state index contributed by atoms with van der Waals surface area (Å²) >= 11 is 6.08. The molecular formula is C36H40ClF3N4O7S. The van der Waals surface area contributed by atoms with Gasteiger partial charge in [-0.25, -0.2) is 8.42 Å². The number of amides is 3. The molecule has 2 unspecified atom stereocenters. The molecule has 1 fully saturated rings. The first-order valence-corrected chi connectivity index (χ1v) is 18.4. The summed E-state index contributed by atoms with van der Waals surface area (Å²) < 4.78 is 73.2. The fourth-order valence-electron chi connectivity index (χ4n) is 5.90. The highest BCUT2D eigenvalue weighted by Gasteiger charge is 2.49. The lowest BCUT2D eigenvalue weighted by molar-refractivity contribution is -0.175. The molecular weight excluding hydrogens is 725 g/mol. The van der Waals surface area contributed by atoms with Crippen molar-refractivity contribution >= 4 is 44.9 Å². The number of likely N-dealkylation sites (tertiary alicyclic amines) is 1. The Bertz CT molecular complexity index is 1870. The lowest BCUT2D eigenvalue weighted by atomic mass is 9.98. The first-order chi connectivity index (χ1) is 24.4. The van der Waals surface area contributed by atoms with Crippen LogP contribution >= 0.6 is 11.6 Å². The number of hydrogen-bond acceptors (Lipinski definition) is 8. The first kappa shape index (κ1) is 40.3. The van der Waals surface area contributed by atoms with E-state index in [1.54, 1.807) is 54.6 Å². The van der Waals surface area contributed by atoms with Gasteiger partial charge in [0, 0.05) is 30.1 Å². The molecule has 3 aromatic rings. The van der Waals surface area contributed by atoms with Gasteiger partial charge in [0.25, 0.3) is 11.7 Å². The quantitative estimate of drug-likeness (QED) is 0.222. The van der Waals surface area contributed by atoms with Crippen molar-refractivity contribution in [3.8, 4) is 5.75 Å². The number of ketones is 1. The Morgan fingerprint density at radius 2 is 1.58 bits per heavy atom. The summed E-state index contributed by atoms with van der Waals surface area (Å²) in [6.07, 6.45) is -5.85. The zero-order valence-electron chi connectivity index (χ0n) is 28.7. The fraction of sp³-hybridized carbons (Fsp3) is 0.389. The smallest absolute Gasteiger partial charge is 0.452 e. The summed E-state index contributed by atoms with van der Waals surface area (Å²) in [5.41, 5.74) is 7.61. The number of halogens is 4. The van der Waals surface area contributed by atoms with E-state index in [0.29, 0.717) is 16.9 Å². The summed E-state index contributed by atoms with van der Waals surface area (Å²) in [6, 6.07) is 14.0. The molecule has 4 N–H and O–H groups in total. The molecule has 0 aliphatic carbocycles. The third kappa shape index (κ3) is 10.1. The number of benzene rings is 3. The maximum atomic E-state index is 14.5.